The molecule has 0 bridgehead atoms. The summed E-state index contributed by atoms with van der Waals surface area (Å²) < 4.78 is 5.37. The molecule has 1 saturated heterocycles. The second-order valence-corrected chi connectivity index (χ2v) is 5.58. The van der Waals surface area contributed by atoms with E-state index in [-0.39, 0.29) is 0 Å². The molecule has 0 aromatic heterocycles. The number of carboxylic acid groups (broad SMARTS) is 1. The van der Waals surface area contributed by atoms with Gasteiger partial charge in [-0.25, -0.2) is 4.79 Å². The predicted molar refractivity (Wildman–Crippen MR) is 77.9 cm³/mol. The van der Waals surface area contributed by atoms with E-state index in [9.17, 15) is 4.79 Å². The molecule has 20 heavy (non-hydrogen) atoms. The second kappa shape index (κ2) is 7.41. The van der Waals surface area contributed by atoms with E-state index in [2.05, 4.69) is 11.9 Å². The molecule has 4 nitrogen and oxygen atoms in total. The molecule has 1 N–H and O–H groups in total. The van der Waals surface area contributed by atoms with Gasteiger partial charge in [0.05, 0.1) is 5.56 Å². The Morgan fingerprint density at radius 3 is 2.55 bits per heavy atom. The maximum atomic E-state index is 10.8. The van der Waals surface area contributed by atoms with Gasteiger partial charge in [0.15, 0.2) is 0 Å². The molecular formula is C16H23NO3. The van der Waals surface area contributed by atoms with E-state index in [0.29, 0.717) is 5.56 Å². The number of hydrogen-bond acceptors (Lipinski definition) is 3. The Labute approximate surface area is 120 Å². The summed E-state index contributed by atoms with van der Waals surface area (Å²) in [7, 11) is 2.12. The molecule has 2 rings (SSSR count). The molecule has 0 radical (unpaired) electrons. The normalized spacial score (nSPS) is 16.5. The Morgan fingerprint density at radius 2 is 1.95 bits per heavy atom. The first kappa shape index (κ1) is 15.0. The lowest BCUT2D eigenvalue weighted by Gasteiger charge is -2.24. The summed E-state index contributed by atoms with van der Waals surface area (Å²) in [6.07, 6.45) is 3.58. The van der Waals surface area contributed by atoms with Gasteiger partial charge in [-0.3, -0.25) is 0 Å². The van der Waals surface area contributed by atoms with Gasteiger partial charge in [-0.05, 0) is 56.5 Å². The van der Waals surface area contributed by atoms with Crippen LogP contribution >= 0.6 is 0 Å². The lowest BCUT2D eigenvalue weighted by atomic mass is 9.96. The summed E-state index contributed by atoms with van der Waals surface area (Å²) in [5.74, 6) is -0.0787. The molecule has 110 valence electrons. The van der Waals surface area contributed by atoms with Crippen molar-refractivity contribution in [2.24, 2.45) is 5.92 Å². The number of benzene rings is 1. The summed E-state index contributed by atoms with van der Waals surface area (Å²) in [6.45, 7) is 3.75. The zero-order valence-corrected chi connectivity index (χ0v) is 12.0. The van der Waals surface area contributed by atoms with Crippen molar-refractivity contribution in [3.63, 3.8) is 0 Å². The molecule has 0 aliphatic carbocycles. The lowest BCUT2D eigenvalue weighted by molar-refractivity contribution is 0.0608. The molecule has 0 spiro atoms. The largest absolute Gasteiger partial charge is 0.478 e. The van der Waals surface area contributed by atoms with Crippen LogP contribution in [0.15, 0.2) is 24.3 Å². The van der Waals surface area contributed by atoms with Gasteiger partial charge in [0.25, 0.3) is 0 Å². The van der Waals surface area contributed by atoms with Crippen LogP contribution in [0.3, 0.4) is 0 Å². The molecule has 1 aliphatic rings. The van der Waals surface area contributed by atoms with Gasteiger partial charge in [-0.1, -0.05) is 12.1 Å². The van der Waals surface area contributed by atoms with Crippen molar-refractivity contribution in [2.45, 2.75) is 25.8 Å². The molecule has 4 heteroatoms. The molecular weight excluding hydrogens is 254 g/mol. The predicted octanol–water partition coefficient (Wildman–Crippen LogP) is 2.63. The van der Waals surface area contributed by atoms with E-state index in [1.165, 1.54) is 19.3 Å². The van der Waals surface area contributed by atoms with Crippen molar-refractivity contribution in [3.05, 3.63) is 35.4 Å². The van der Waals surface area contributed by atoms with E-state index >= 15 is 0 Å². The third kappa shape index (κ3) is 4.62. The van der Waals surface area contributed by atoms with E-state index < -0.39 is 5.97 Å². The quantitative estimate of drug-likeness (QED) is 0.868. The number of rotatable bonds is 6. The SMILES string of the molecule is CN(CCC1CCOCC1)Cc1ccc(C(=O)O)cc1. The fourth-order valence-electron chi connectivity index (χ4n) is 2.58. The average molecular weight is 277 g/mol. The highest BCUT2D eigenvalue weighted by molar-refractivity contribution is 5.87. The maximum absolute atomic E-state index is 10.8. The topological polar surface area (TPSA) is 49.8 Å². The molecule has 1 aliphatic heterocycles. The van der Waals surface area contributed by atoms with Crippen molar-refractivity contribution >= 4 is 5.97 Å². The third-order valence-electron chi connectivity index (χ3n) is 3.91. The number of nitrogens with zero attached hydrogens (tertiary/aromatic N) is 1. The van der Waals surface area contributed by atoms with Crippen molar-refractivity contribution in [1.29, 1.82) is 0 Å². The number of aromatic carboxylic acids is 1. The summed E-state index contributed by atoms with van der Waals surface area (Å²) >= 11 is 0. The Kier molecular flexibility index (Phi) is 5.56. The Hall–Kier alpha value is -1.39. The van der Waals surface area contributed by atoms with Crippen LogP contribution in [0.25, 0.3) is 0 Å². The van der Waals surface area contributed by atoms with E-state index in [1.54, 1.807) is 12.1 Å². The van der Waals surface area contributed by atoms with Crippen LogP contribution in [-0.4, -0.2) is 42.8 Å². The van der Waals surface area contributed by atoms with Gasteiger partial charge in [-0.15, -0.1) is 0 Å². The molecule has 1 aromatic rings. The van der Waals surface area contributed by atoms with Crippen LogP contribution in [0.4, 0.5) is 0 Å². The Bertz CT molecular complexity index is 424. The van der Waals surface area contributed by atoms with Crippen LogP contribution in [0.5, 0.6) is 0 Å². The smallest absolute Gasteiger partial charge is 0.335 e. The molecule has 0 unspecified atom stereocenters. The van der Waals surface area contributed by atoms with Crippen LogP contribution in [0.1, 0.15) is 35.2 Å². The first-order valence-corrected chi connectivity index (χ1v) is 7.23. The molecule has 0 saturated carbocycles. The van der Waals surface area contributed by atoms with E-state index in [1.807, 2.05) is 12.1 Å². The minimum Gasteiger partial charge on any atom is -0.478 e. The zero-order valence-electron chi connectivity index (χ0n) is 12.0. The van der Waals surface area contributed by atoms with Crippen LogP contribution in [0.2, 0.25) is 0 Å². The molecule has 1 fully saturated rings. The number of carbonyl (C=O) groups is 1. The van der Waals surface area contributed by atoms with Crippen molar-refractivity contribution in [3.8, 4) is 0 Å². The maximum Gasteiger partial charge on any atom is 0.335 e. The number of ether oxygens (including phenoxy) is 1. The standard InChI is InChI=1S/C16H23NO3/c1-17(9-6-13-7-10-20-11-8-13)12-14-2-4-15(5-3-14)16(18)19/h2-5,13H,6-12H2,1H3,(H,18,19). The summed E-state index contributed by atoms with van der Waals surface area (Å²) in [4.78, 5) is 13.1. The second-order valence-electron chi connectivity index (χ2n) is 5.58. The first-order chi connectivity index (χ1) is 9.65. The summed E-state index contributed by atoms with van der Waals surface area (Å²) in [5, 5.41) is 8.87. The van der Waals surface area contributed by atoms with E-state index in [4.69, 9.17) is 9.84 Å². The lowest BCUT2D eigenvalue weighted by Crippen LogP contribution is -2.24. The number of hydrogen-bond donors (Lipinski definition) is 1. The number of carboxylic acids is 1. The highest BCUT2D eigenvalue weighted by Crippen LogP contribution is 2.19. The van der Waals surface area contributed by atoms with E-state index in [0.717, 1.165) is 37.8 Å². The zero-order chi connectivity index (χ0) is 14.4. The average Bonchev–Trinajstić information content (AvgIpc) is 2.47. The first-order valence-electron chi connectivity index (χ1n) is 7.23. The fraction of sp³-hybridized carbons (Fsp3) is 0.562. The minimum atomic E-state index is -0.871. The monoisotopic (exact) mass is 277 g/mol. The fourth-order valence-corrected chi connectivity index (χ4v) is 2.58. The van der Waals surface area contributed by atoms with Gasteiger partial charge in [0.2, 0.25) is 0 Å². The van der Waals surface area contributed by atoms with Crippen molar-refractivity contribution < 1.29 is 14.6 Å². The van der Waals surface area contributed by atoms with Gasteiger partial charge in [-0.2, -0.15) is 0 Å². The summed E-state index contributed by atoms with van der Waals surface area (Å²) in [5.41, 5.74) is 1.50. The molecule has 0 atom stereocenters. The highest BCUT2D eigenvalue weighted by atomic mass is 16.5. The van der Waals surface area contributed by atoms with Crippen LogP contribution in [-0.2, 0) is 11.3 Å². The highest BCUT2D eigenvalue weighted by Gasteiger charge is 2.14. The Balaban J connectivity index is 1.75. The van der Waals surface area contributed by atoms with Gasteiger partial charge < -0.3 is 14.7 Å². The molecule has 0 amide bonds. The van der Waals surface area contributed by atoms with Crippen LogP contribution < -0.4 is 0 Å². The van der Waals surface area contributed by atoms with Gasteiger partial charge in [0, 0.05) is 19.8 Å². The van der Waals surface area contributed by atoms with Crippen molar-refractivity contribution in [2.75, 3.05) is 26.8 Å². The third-order valence-corrected chi connectivity index (χ3v) is 3.91. The Morgan fingerprint density at radius 1 is 1.30 bits per heavy atom. The van der Waals surface area contributed by atoms with Gasteiger partial charge >= 0.3 is 5.97 Å². The summed E-state index contributed by atoms with van der Waals surface area (Å²) in [6, 6.07) is 7.14. The van der Waals surface area contributed by atoms with Crippen LogP contribution in [0, 0.1) is 5.92 Å². The molecule has 1 heterocycles. The van der Waals surface area contributed by atoms with Crippen molar-refractivity contribution in [1.82, 2.24) is 4.90 Å². The van der Waals surface area contributed by atoms with Gasteiger partial charge in [0.1, 0.15) is 0 Å². The molecule has 1 aromatic carbocycles. The minimum absolute atomic E-state index is 0.346.